The van der Waals surface area contributed by atoms with Gasteiger partial charge in [0, 0.05) is 10.0 Å². The second-order valence-electron chi connectivity index (χ2n) is 5.29. The summed E-state index contributed by atoms with van der Waals surface area (Å²) < 4.78 is 27.5. The average Bonchev–Trinajstić information content (AvgIpc) is 2.45. The Bertz CT molecular complexity index is 831. The molecule has 0 aliphatic heterocycles. The summed E-state index contributed by atoms with van der Waals surface area (Å²) >= 11 is 11.7. The van der Waals surface area contributed by atoms with Crippen molar-refractivity contribution in [2.75, 3.05) is 0 Å². The number of nitrogens with one attached hydrogen (secondary N) is 1. The van der Waals surface area contributed by atoms with Gasteiger partial charge in [-0.15, -0.1) is 0 Å². The Hall–Kier alpha value is -1.60. The molecule has 0 saturated heterocycles. The maximum atomic E-state index is 12.5. The van der Waals surface area contributed by atoms with Crippen molar-refractivity contribution in [2.45, 2.75) is 24.3 Å². The summed E-state index contributed by atoms with van der Waals surface area (Å²) in [6.07, 6.45) is -0.392. The Kier molecular flexibility index (Phi) is 5.87. The molecule has 8 heteroatoms. The first-order chi connectivity index (χ1) is 11.2. The fraction of sp³-hybridized carbons (Fsp3) is 0.188. The molecular weight excluding hydrogens is 373 g/mol. The quantitative estimate of drug-likeness (QED) is 0.789. The highest BCUT2D eigenvalue weighted by Crippen LogP contribution is 2.25. The number of hydrogen-bond acceptors (Lipinski definition) is 3. The molecule has 0 radical (unpaired) electrons. The first-order valence-electron chi connectivity index (χ1n) is 6.94. The molecule has 0 bridgehead atoms. The van der Waals surface area contributed by atoms with Crippen LogP contribution in [0, 0.1) is 6.92 Å². The van der Waals surface area contributed by atoms with Crippen molar-refractivity contribution >= 4 is 39.2 Å². The van der Waals surface area contributed by atoms with Crippen molar-refractivity contribution in [1.82, 2.24) is 4.72 Å². The van der Waals surface area contributed by atoms with E-state index in [4.69, 9.17) is 28.3 Å². The SMILES string of the molecule is Cc1ccc([C@H](CC(=O)O)NS(=O)(=O)c2cc(Cl)cc(Cl)c2)cc1. The lowest BCUT2D eigenvalue weighted by atomic mass is 10.0. The molecule has 0 fully saturated rings. The van der Waals surface area contributed by atoms with E-state index in [1.165, 1.54) is 18.2 Å². The van der Waals surface area contributed by atoms with Crippen LogP contribution in [0.5, 0.6) is 0 Å². The van der Waals surface area contributed by atoms with Crippen molar-refractivity contribution in [3.8, 4) is 0 Å². The predicted octanol–water partition coefficient (Wildman–Crippen LogP) is 3.80. The van der Waals surface area contributed by atoms with E-state index < -0.39 is 28.5 Å². The van der Waals surface area contributed by atoms with Crippen LogP contribution in [0.25, 0.3) is 0 Å². The molecule has 0 unspecified atom stereocenters. The van der Waals surface area contributed by atoms with Crippen molar-refractivity contribution in [1.29, 1.82) is 0 Å². The van der Waals surface area contributed by atoms with Crippen LogP contribution in [0.1, 0.15) is 23.6 Å². The molecule has 0 amide bonds. The zero-order valence-electron chi connectivity index (χ0n) is 12.7. The molecule has 24 heavy (non-hydrogen) atoms. The van der Waals surface area contributed by atoms with Crippen LogP contribution >= 0.6 is 23.2 Å². The van der Waals surface area contributed by atoms with Gasteiger partial charge in [0.25, 0.3) is 0 Å². The van der Waals surface area contributed by atoms with E-state index in [0.29, 0.717) is 5.56 Å². The molecule has 1 atom stereocenters. The second kappa shape index (κ2) is 7.53. The van der Waals surface area contributed by atoms with E-state index in [2.05, 4.69) is 4.72 Å². The summed E-state index contributed by atoms with van der Waals surface area (Å²) in [7, 11) is -3.99. The van der Waals surface area contributed by atoms with Gasteiger partial charge in [0.05, 0.1) is 17.4 Å². The summed E-state index contributed by atoms with van der Waals surface area (Å²) in [5.41, 5.74) is 1.54. The number of sulfonamides is 1. The fourth-order valence-corrected chi connectivity index (χ4v) is 4.09. The average molecular weight is 388 g/mol. The van der Waals surface area contributed by atoms with Gasteiger partial charge in [-0.05, 0) is 30.7 Å². The highest BCUT2D eigenvalue weighted by Gasteiger charge is 2.24. The van der Waals surface area contributed by atoms with E-state index >= 15 is 0 Å². The summed E-state index contributed by atoms with van der Waals surface area (Å²) in [6, 6.07) is 9.96. The lowest BCUT2D eigenvalue weighted by molar-refractivity contribution is -0.137. The maximum Gasteiger partial charge on any atom is 0.305 e. The Morgan fingerprint density at radius 1 is 1.12 bits per heavy atom. The van der Waals surface area contributed by atoms with Gasteiger partial charge in [0.2, 0.25) is 10.0 Å². The molecule has 128 valence electrons. The first kappa shape index (κ1) is 18.7. The maximum absolute atomic E-state index is 12.5. The van der Waals surface area contributed by atoms with Crippen LogP contribution in [0.4, 0.5) is 0 Å². The van der Waals surface area contributed by atoms with Gasteiger partial charge in [-0.3, -0.25) is 4.79 Å². The summed E-state index contributed by atoms with van der Waals surface area (Å²) in [4.78, 5) is 11.0. The smallest absolute Gasteiger partial charge is 0.305 e. The normalized spacial score (nSPS) is 12.8. The highest BCUT2D eigenvalue weighted by atomic mass is 35.5. The number of carboxylic acid groups (broad SMARTS) is 1. The number of aryl methyl sites for hydroxylation is 1. The van der Waals surface area contributed by atoms with E-state index in [9.17, 15) is 13.2 Å². The third-order valence-electron chi connectivity index (χ3n) is 3.30. The zero-order valence-corrected chi connectivity index (χ0v) is 15.0. The van der Waals surface area contributed by atoms with Gasteiger partial charge in [-0.1, -0.05) is 53.0 Å². The van der Waals surface area contributed by atoms with E-state index in [0.717, 1.165) is 5.56 Å². The molecule has 2 aromatic carbocycles. The third kappa shape index (κ3) is 4.95. The van der Waals surface area contributed by atoms with Crippen molar-refractivity contribution < 1.29 is 18.3 Å². The molecule has 2 aromatic rings. The van der Waals surface area contributed by atoms with E-state index in [-0.39, 0.29) is 14.9 Å². The number of rotatable bonds is 6. The lowest BCUT2D eigenvalue weighted by Crippen LogP contribution is -2.30. The Balaban J connectivity index is 2.37. The van der Waals surface area contributed by atoms with Crippen LogP contribution in [-0.4, -0.2) is 19.5 Å². The van der Waals surface area contributed by atoms with Crippen LogP contribution in [0.3, 0.4) is 0 Å². The summed E-state index contributed by atoms with van der Waals surface area (Å²) in [6.45, 7) is 1.88. The van der Waals surface area contributed by atoms with Gasteiger partial charge in [-0.2, -0.15) is 0 Å². The molecule has 0 spiro atoms. The minimum absolute atomic E-state index is 0.123. The van der Waals surface area contributed by atoms with E-state index in [1.807, 2.05) is 6.92 Å². The van der Waals surface area contributed by atoms with Gasteiger partial charge in [0.15, 0.2) is 0 Å². The molecule has 0 saturated carbocycles. The van der Waals surface area contributed by atoms with Crippen molar-refractivity contribution in [3.05, 3.63) is 63.6 Å². The van der Waals surface area contributed by atoms with E-state index in [1.54, 1.807) is 24.3 Å². The van der Waals surface area contributed by atoms with Crippen molar-refractivity contribution in [2.24, 2.45) is 0 Å². The van der Waals surface area contributed by atoms with Gasteiger partial charge in [-0.25, -0.2) is 13.1 Å². The number of aliphatic carboxylic acids is 1. The van der Waals surface area contributed by atoms with Crippen LogP contribution in [-0.2, 0) is 14.8 Å². The van der Waals surface area contributed by atoms with Gasteiger partial charge in [0.1, 0.15) is 0 Å². The standard InChI is InChI=1S/C16H15Cl2NO4S/c1-10-2-4-11(5-3-10)15(9-16(20)21)19-24(22,23)14-7-12(17)6-13(18)8-14/h2-8,15,19H,9H2,1H3,(H,20,21)/t15-/m0/s1. The molecule has 2 rings (SSSR count). The molecule has 0 aliphatic carbocycles. The largest absolute Gasteiger partial charge is 0.481 e. The van der Waals surface area contributed by atoms with Crippen LogP contribution in [0.2, 0.25) is 10.0 Å². The van der Waals surface area contributed by atoms with Gasteiger partial charge < -0.3 is 5.11 Å². The topological polar surface area (TPSA) is 83.5 Å². The van der Waals surface area contributed by atoms with Crippen molar-refractivity contribution in [3.63, 3.8) is 0 Å². The number of hydrogen-bond donors (Lipinski definition) is 2. The highest BCUT2D eigenvalue weighted by molar-refractivity contribution is 7.89. The summed E-state index contributed by atoms with van der Waals surface area (Å²) in [5.74, 6) is -1.12. The Labute approximate surface area is 150 Å². The molecule has 5 nitrogen and oxygen atoms in total. The molecular formula is C16H15Cl2NO4S. The number of benzene rings is 2. The van der Waals surface area contributed by atoms with Crippen LogP contribution < -0.4 is 4.72 Å². The second-order valence-corrected chi connectivity index (χ2v) is 7.87. The summed E-state index contributed by atoms with van der Waals surface area (Å²) in [5, 5.41) is 9.43. The third-order valence-corrected chi connectivity index (χ3v) is 5.19. The number of carboxylic acids is 1. The molecule has 0 heterocycles. The van der Waals surface area contributed by atoms with Gasteiger partial charge >= 0.3 is 5.97 Å². The number of carbonyl (C=O) groups is 1. The monoisotopic (exact) mass is 387 g/mol. The molecule has 2 N–H and O–H groups in total. The number of halogens is 2. The first-order valence-corrected chi connectivity index (χ1v) is 9.18. The molecule has 0 aromatic heterocycles. The predicted molar refractivity (Wildman–Crippen MR) is 93.0 cm³/mol. The zero-order chi connectivity index (χ0) is 17.9. The minimum atomic E-state index is -3.99. The fourth-order valence-electron chi connectivity index (χ4n) is 2.14. The lowest BCUT2D eigenvalue weighted by Gasteiger charge is -2.18. The minimum Gasteiger partial charge on any atom is -0.481 e. The molecule has 0 aliphatic rings. The Morgan fingerprint density at radius 3 is 2.17 bits per heavy atom. The van der Waals surface area contributed by atoms with Crippen LogP contribution in [0.15, 0.2) is 47.4 Å². The Morgan fingerprint density at radius 2 is 1.67 bits per heavy atom.